The van der Waals surface area contributed by atoms with Gasteiger partial charge in [-0.3, -0.25) is 9.59 Å². The summed E-state index contributed by atoms with van der Waals surface area (Å²) in [7, 11) is -3.79. The summed E-state index contributed by atoms with van der Waals surface area (Å²) in [5, 5.41) is 11.1. The van der Waals surface area contributed by atoms with Crippen LogP contribution in [0.2, 0.25) is 0 Å². The second-order valence-electron chi connectivity index (χ2n) is 9.25. The fourth-order valence-electron chi connectivity index (χ4n) is 4.39. The monoisotopic (exact) mass is 677 g/mol. The molecule has 0 aromatic heterocycles. The number of alkyl halides is 4. The number of carbonyl (C=O) groups is 2. The Balaban J connectivity index is 0.000000414. The van der Waals surface area contributed by atoms with Crippen LogP contribution in [0.25, 0.3) is 0 Å². The summed E-state index contributed by atoms with van der Waals surface area (Å²) < 4.78 is 78.7. The van der Waals surface area contributed by atoms with Crippen LogP contribution in [-0.4, -0.2) is 79.2 Å². The van der Waals surface area contributed by atoms with E-state index < -0.39 is 40.1 Å². The van der Waals surface area contributed by atoms with Crippen LogP contribution in [0, 0.1) is 17.2 Å². The zero-order valence-electron chi connectivity index (χ0n) is 20.5. The lowest BCUT2D eigenvalue weighted by Gasteiger charge is -2.42. The lowest BCUT2D eigenvalue weighted by Crippen LogP contribution is -2.61. The highest BCUT2D eigenvalue weighted by Crippen LogP contribution is 2.33. The Bertz CT molecular complexity index is 1110. The summed E-state index contributed by atoms with van der Waals surface area (Å²) in [5.41, 5.74) is -2.19. The van der Waals surface area contributed by atoms with E-state index in [1.165, 1.54) is 21.3 Å². The number of carbonyl (C=O) groups excluding carboxylic acids is 2. The van der Waals surface area contributed by atoms with Crippen LogP contribution >= 0.6 is 24.0 Å². The summed E-state index contributed by atoms with van der Waals surface area (Å²) in [5.74, 6) is -0.871. The Morgan fingerprint density at radius 2 is 1.74 bits per heavy atom. The number of hydrogen-bond acceptors (Lipinski definition) is 5. The molecule has 9 nitrogen and oxygen atoms in total. The molecule has 0 aliphatic carbocycles. The molecule has 15 heteroatoms. The second kappa shape index (κ2) is 13.4. The first kappa shape index (κ1) is 32.2. The van der Waals surface area contributed by atoms with E-state index in [2.05, 4.69) is 5.32 Å². The molecule has 0 bridgehead atoms. The summed E-state index contributed by atoms with van der Waals surface area (Å²) in [6.07, 6.45) is -1.69. The largest absolute Gasteiger partial charge is 0.416 e. The third-order valence-electron chi connectivity index (χ3n) is 6.54. The fraction of sp³-hybridized carbons (Fsp3) is 0.609. The van der Waals surface area contributed by atoms with Crippen LogP contribution in [0.3, 0.4) is 0 Å². The van der Waals surface area contributed by atoms with Gasteiger partial charge in [-0.25, -0.2) is 4.39 Å². The van der Waals surface area contributed by atoms with Crippen LogP contribution in [0.15, 0.2) is 24.3 Å². The summed E-state index contributed by atoms with van der Waals surface area (Å²) in [6.45, 7) is 1.43. The molecule has 38 heavy (non-hydrogen) atoms. The summed E-state index contributed by atoms with van der Waals surface area (Å²) in [6, 6.07) is 6.66. The average Bonchev–Trinajstić information content (AvgIpc) is 3.36. The maximum Gasteiger partial charge on any atom is 0.416 e. The van der Waals surface area contributed by atoms with E-state index in [1.807, 2.05) is 6.07 Å². The van der Waals surface area contributed by atoms with Crippen LogP contribution < -0.4 is 5.32 Å². The SMILES string of the molecule is I.N#CC1CN(S(=O)(=O)N2CCCC(F)(C(=O)N3CCCC3)C2)C1.O=CNCc1ccc(C(F)(F)F)cc1.[HH]. The van der Waals surface area contributed by atoms with Crippen molar-refractivity contribution in [1.82, 2.24) is 18.8 Å². The first-order chi connectivity index (χ1) is 17.4. The Labute approximate surface area is 237 Å². The quantitative estimate of drug-likeness (QED) is 0.283. The number of hydrogen-bond donors (Lipinski definition) is 1. The number of nitrogens with zero attached hydrogens (tertiary/aromatic N) is 4. The van der Waals surface area contributed by atoms with Gasteiger partial charge in [0.1, 0.15) is 0 Å². The number of amides is 2. The van der Waals surface area contributed by atoms with Gasteiger partial charge in [0.25, 0.3) is 16.1 Å². The first-order valence-corrected chi connectivity index (χ1v) is 13.3. The van der Waals surface area contributed by atoms with Gasteiger partial charge >= 0.3 is 6.18 Å². The molecule has 3 saturated heterocycles. The van der Waals surface area contributed by atoms with E-state index in [9.17, 15) is 31.2 Å². The highest BCUT2D eigenvalue weighted by molar-refractivity contribution is 14.0. The van der Waals surface area contributed by atoms with Gasteiger partial charge < -0.3 is 10.2 Å². The molecule has 2 amide bonds. The number of rotatable bonds is 6. The van der Waals surface area contributed by atoms with Gasteiger partial charge in [0.05, 0.1) is 24.1 Å². The predicted octanol–water partition coefficient (Wildman–Crippen LogP) is 2.93. The molecule has 0 saturated carbocycles. The molecule has 3 heterocycles. The van der Waals surface area contributed by atoms with E-state index in [0.717, 1.165) is 29.3 Å². The van der Waals surface area contributed by atoms with Crippen molar-refractivity contribution in [1.29, 1.82) is 5.26 Å². The summed E-state index contributed by atoms with van der Waals surface area (Å²) >= 11 is 0. The molecule has 1 atom stereocenters. The molecule has 0 spiro atoms. The van der Waals surface area contributed by atoms with Gasteiger partial charge in [0.15, 0.2) is 0 Å². The Morgan fingerprint density at radius 3 is 2.26 bits per heavy atom. The normalized spacial score (nSPS) is 22.8. The fourth-order valence-corrected chi connectivity index (χ4v) is 6.18. The molecule has 1 aromatic carbocycles. The van der Waals surface area contributed by atoms with Crippen molar-refractivity contribution in [3.05, 3.63) is 35.4 Å². The van der Waals surface area contributed by atoms with Crippen molar-refractivity contribution in [2.24, 2.45) is 5.92 Å². The molecule has 3 fully saturated rings. The van der Waals surface area contributed by atoms with Crippen LogP contribution in [0.5, 0.6) is 0 Å². The molecule has 3 aliphatic rings. The van der Waals surface area contributed by atoms with Crippen molar-refractivity contribution in [2.75, 3.05) is 39.3 Å². The number of likely N-dealkylation sites (tertiary alicyclic amines) is 1. The van der Waals surface area contributed by atoms with Gasteiger partial charge in [-0.15, -0.1) is 24.0 Å². The van der Waals surface area contributed by atoms with Crippen molar-refractivity contribution >= 4 is 46.5 Å². The molecular formula is C23H32F4IN5O4S. The van der Waals surface area contributed by atoms with Crippen molar-refractivity contribution in [3.63, 3.8) is 0 Å². The second-order valence-corrected chi connectivity index (χ2v) is 11.2. The Hall–Kier alpha value is -2.03. The highest BCUT2D eigenvalue weighted by Gasteiger charge is 2.50. The maximum atomic E-state index is 15.2. The number of nitriles is 1. The van der Waals surface area contributed by atoms with Crippen molar-refractivity contribution in [2.45, 2.75) is 44.1 Å². The third kappa shape index (κ3) is 7.76. The lowest BCUT2D eigenvalue weighted by molar-refractivity contribution is -0.145. The van der Waals surface area contributed by atoms with E-state index in [-0.39, 0.29) is 63.9 Å². The van der Waals surface area contributed by atoms with Crippen LogP contribution in [0.4, 0.5) is 17.6 Å². The molecule has 214 valence electrons. The van der Waals surface area contributed by atoms with Crippen molar-refractivity contribution in [3.8, 4) is 6.07 Å². The van der Waals surface area contributed by atoms with E-state index in [1.54, 1.807) is 0 Å². The third-order valence-corrected chi connectivity index (χ3v) is 8.45. The molecule has 1 N–H and O–H groups in total. The predicted molar refractivity (Wildman–Crippen MR) is 142 cm³/mol. The Morgan fingerprint density at radius 1 is 1.13 bits per heavy atom. The molecule has 3 aliphatic heterocycles. The maximum absolute atomic E-state index is 15.2. The first-order valence-electron chi connectivity index (χ1n) is 11.9. The van der Waals surface area contributed by atoms with Crippen LogP contribution in [-0.2, 0) is 32.5 Å². The van der Waals surface area contributed by atoms with Gasteiger partial charge in [-0.05, 0) is 43.4 Å². The molecule has 1 unspecified atom stereocenters. The highest BCUT2D eigenvalue weighted by atomic mass is 127. The molecular weight excluding hydrogens is 645 g/mol. The van der Waals surface area contributed by atoms with E-state index in [0.29, 0.717) is 31.5 Å². The molecule has 0 radical (unpaired) electrons. The zero-order chi connectivity index (χ0) is 27.3. The number of benzene rings is 1. The number of halogens is 5. The topological polar surface area (TPSA) is 114 Å². The zero-order valence-corrected chi connectivity index (χ0v) is 23.6. The smallest absolute Gasteiger partial charge is 0.355 e. The molecule has 1 aromatic rings. The van der Waals surface area contributed by atoms with Gasteiger partial charge in [0, 0.05) is 40.7 Å². The minimum Gasteiger partial charge on any atom is -0.355 e. The number of piperidine rings is 1. The van der Waals surface area contributed by atoms with E-state index >= 15 is 4.39 Å². The van der Waals surface area contributed by atoms with Crippen molar-refractivity contribution < 1.29 is 37.0 Å². The summed E-state index contributed by atoms with van der Waals surface area (Å²) in [4.78, 5) is 23.8. The standard InChI is InChI=1S/C14H21FN4O3S.C9H8F3NO.HI.H2/c15-14(13(20)17-5-1-2-6-17)4-3-7-18(11-14)23(21,22)19-9-12(8-16)10-19;10-9(11,12)8-3-1-7(2-4-8)5-13-6-14;;/h12H,1-7,9-11H2;1-4,6H,5H2,(H,13,14);2*1H. The lowest BCUT2D eigenvalue weighted by atomic mass is 9.94. The van der Waals surface area contributed by atoms with Gasteiger partial charge in [-0.1, -0.05) is 12.1 Å². The molecule has 4 rings (SSSR count). The van der Waals surface area contributed by atoms with E-state index in [4.69, 9.17) is 5.26 Å². The van der Waals surface area contributed by atoms with Crippen LogP contribution in [0.1, 0.15) is 38.2 Å². The minimum atomic E-state index is -4.31. The van der Waals surface area contributed by atoms with Gasteiger partial charge in [0.2, 0.25) is 12.1 Å². The Kier molecular flexibility index (Phi) is 11.3. The average molecular weight is 678 g/mol. The van der Waals surface area contributed by atoms with Gasteiger partial charge in [-0.2, -0.15) is 35.5 Å². The number of nitrogens with one attached hydrogen (secondary N) is 1. The minimum absolute atomic E-state index is 0.